The Bertz CT molecular complexity index is 1470. The number of hydrogen-bond acceptors (Lipinski definition) is 4. The summed E-state index contributed by atoms with van der Waals surface area (Å²) in [5.41, 5.74) is 0.232. The number of hydrogen-bond donors (Lipinski definition) is 1. The third-order valence-corrected chi connectivity index (χ3v) is 9.32. The van der Waals surface area contributed by atoms with Crippen molar-refractivity contribution in [2.75, 3.05) is 10.8 Å². The molecule has 0 heterocycles. The second-order valence-corrected chi connectivity index (χ2v) is 12.4. The largest absolute Gasteiger partial charge is 0.352 e. The van der Waals surface area contributed by atoms with Crippen LogP contribution in [0, 0.1) is 5.82 Å². The normalized spacial score (nSPS) is 14.5. The van der Waals surface area contributed by atoms with Gasteiger partial charge in [0.1, 0.15) is 18.4 Å². The number of rotatable bonds is 10. The molecule has 1 saturated carbocycles. The van der Waals surface area contributed by atoms with Crippen LogP contribution in [0.1, 0.15) is 38.2 Å². The van der Waals surface area contributed by atoms with Crippen LogP contribution in [0.4, 0.5) is 10.1 Å². The van der Waals surface area contributed by atoms with Gasteiger partial charge in [-0.05, 0) is 61.7 Å². The maximum atomic E-state index is 15.0. The zero-order valence-corrected chi connectivity index (χ0v) is 24.2. The summed E-state index contributed by atoms with van der Waals surface area (Å²) in [7, 11) is -4.35. The Labute approximate surface area is 243 Å². The Morgan fingerprint density at radius 2 is 1.65 bits per heavy atom. The first-order valence-electron chi connectivity index (χ1n) is 12.9. The van der Waals surface area contributed by atoms with Crippen LogP contribution < -0.4 is 9.62 Å². The summed E-state index contributed by atoms with van der Waals surface area (Å²) in [6.45, 7) is 0.736. The van der Waals surface area contributed by atoms with Crippen LogP contribution in [0.15, 0.2) is 77.7 Å². The molecule has 11 heteroatoms. The highest BCUT2D eigenvalue weighted by atomic mass is 35.5. The SMILES string of the molecule is CC(C(=O)NC1CCCC1)N(Cc1ccc(Cl)cc1Cl)C(=O)CN(c1ccccc1F)S(=O)(=O)c1ccccc1. The summed E-state index contributed by atoms with van der Waals surface area (Å²) < 4.78 is 43.1. The predicted molar refractivity (Wildman–Crippen MR) is 154 cm³/mol. The van der Waals surface area contributed by atoms with Crippen LogP contribution in [0.2, 0.25) is 10.0 Å². The van der Waals surface area contributed by atoms with Crippen molar-refractivity contribution in [3.63, 3.8) is 0 Å². The highest BCUT2D eigenvalue weighted by Crippen LogP contribution is 2.28. The standard InChI is InChI=1S/C29H30Cl2FN3O4S/c1-20(29(37)33-23-9-5-6-10-23)34(18-21-15-16-22(30)17-25(21)31)28(36)19-35(27-14-8-7-13-26(27)32)40(38,39)24-11-3-2-4-12-24/h2-4,7-8,11-17,20,23H,5-6,9-10,18-19H2,1H3,(H,33,37). The van der Waals surface area contributed by atoms with Gasteiger partial charge in [0.25, 0.3) is 10.0 Å². The van der Waals surface area contributed by atoms with E-state index in [0.29, 0.717) is 10.6 Å². The molecule has 4 rings (SSSR count). The first-order chi connectivity index (χ1) is 19.1. The average molecular weight is 607 g/mol. The molecular formula is C29H30Cl2FN3O4S. The molecule has 1 aliphatic rings. The third-order valence-electron chi connectivity index (χ3n) is 6.96. The van der Waals surface area contributed by atoms with Crippen molar-refractivity contribution in [2.45, 2.75) is 56.1 Å². The van der Waals surface area contributed by atoms with Gasteiger partial charge in [0.2, 0.25) is 11.8 Å². The van der Waals surface area contributed by atoms with Gasteiger partial charge in [-0.3, -0.25) is 13.9 Å². The molecule has 0 aliphatic heterocycles. The van der Waals surface area contributed by atoms with Crippen LogP contribution in [0.3, 0.4) is 0 Å². The molecule has 7 nitrogen and oxygen atoms in total. The van der Waals surface area contributed by atoms with Gasteiger partial charge in [-0.15, -0.1) is 0 Å². The van der Waals surface area contributed by atoms with E-state index in [1.165, 1.54) is 41.3 Å². The molecule has 0 spiro atoms. The molecule has 1 unspecified atom stereocenters. The maximum absolute atomic E-state index is 15.0. The van der Waals surface area contributed by atoms with Gasteiger partial charge in [0.15, 0.2) is 0 Å². The minimum Gasteiger partial charge on any atom is -0.352 e. The number of carbonyl (C=O) groups is 2. The van der Waals surface area contributed by atoms with Crippen molar-refractivity contribution < 1.29 is 22.4 Å². The Morgan fingerprint density at radius 1 is 1.00 bits per heavy atom. The Balaban J connectivity index is 1.70. The van der Waals surface area contributed by atoms with E-state index in [2.05, 4.69) is 5.32 Å². The number of nitrogens with zero attached hydrogens (tertiary/aromatic N) is 2. The molecule has 0 saturated heterocycles. The topological polar surface area (TPSA) is 86.8 Å². The molecule has 3 aromatic carbocycles. The molecule has 212 valence electrons. The maximum Gasteiger partial charge on any atom is 0.264 e. The van der Waals surface area contributed by atoms with Gasteiger partial charge in [-0.1, -0.05) is 72.4 Å². The van der Waals surface area contributed by atoms with Gasteiger partial charge in [-0.25, -0.2) is 12.8 Å². The average Bonchev–Trinajstić information content (AvgIpc) is 3.45. The predicted octanol–water partition coefficient (Wildman–Crippen LogP) is 5.80. The summed E-state index contributed by atoms with van der Waals surface area (Å²) in [6, 6.07) is 16.6. The van der Waals surface area contributed by atoms with Gasteiger partial charge < -0.3 is 10.2 Å². The van der Waals surface area contributed by atoms with E-state index in [0.717, 1.165) is 36.1 Å². The number of nitrogens with one attached hydrogen (secondary N) is 1. The highest BCUT2D eigenvalue weighted by molar-refractivity contribution is 7.92. The zero-order chi connectivity index (χ0) is 28.9. The smallest absolute Gasteiger partial charge is 0.264 e. The van der Waals surface area contributed by atoms with Gasteiger partial charge in [0, 0.05) is 22.6 Å². The van der Waals surface area contributed by atoms with Crippen molar-refractivity contribution in [3.8, 4) is 0 Å². The van der Waals surface area contributed by atoms with E-state index in [9.17, 15) is 22.4 Å². The molecule has 1 fully saturated rings. The Kier molecular flexibility index (Phi) is 9.71. The van der Waals surface area contributed by atoms with Crippen LogP contribution in [-0.2, 0) is 26.2 Å². The van der Waals surface area contributed by atoms with E-state index in [1.54, 1.807) is 37.3 Å². The summed E-state index contributed by atoms with van der Waals surface area (Å²) in [6.07, 6.45) is 3.73. The number of halogens is 3. The lowest BCUT2D eigenvalue weighted by atomic mass is 10.1. The third kappa shape index (κ3) is 6.95. The lowest BCUT2D eigenvalue weighted by Crippen LogP contribution is -2.52. The minimum atomic E-state index is -4.35. The molecule has 1 N–H and O–H groups in total. The van der Waals surface area contributed by atoms with Crippen molar-refractivity contribution in [1.82, 2.24) is 10.2 Å². The first kappa shape index (κ1) is 29.8. The first-order valence-corrected chi connectivity index (χ1v) is 15.1. The summed E-state index contributed by atoms with van der Waals surface area (Å²) in [4.78, 5) is 28.3. The molecule has 0 aromatic heterocycles. The monoisotopic (exact) mass is 605 g/mol. The highest BCUT2D eigenvalue weighted by Gasteiger charge is 2.34. The number of anilines is 1. The van der Waals surface area contributed by atoms with Crippen LogP contribution in [-0.4, -0.2) is 43.8 Å². The molecule has 40 heavy (non-hydrogen) atoms. The van der Waals surface area contributed by atoms with Crippen LogP contribution >= 0.6 is 23.2 Å². The van der Waals surface area contributed by atoms with Gasteiger partial charge >= 0.3 is 0 Å². The number of sulfonamides is 1. The van der Waals surface area contributed by atoms with Crippen molar-refractivity contribution in [1.29, 1.82) is 0 Å². The summed E-state index contributed by atoms with van der Waals surface area (Å²) in [5, 5.41) is 3.68. The Morgan fingerprint density at radius 3 is 2.30 bits per heavy atom. The van der Waals surface area contributed by atoms with E-state index < -0.39 is 34.3 Å². The molecule has 1 aliphatic carbocycles. The fourth-order valence-corrected chi connectivity index (χ4v) is 6.61. The number of para-hydroxylation sites is 1. The number of carbonyl (C=O) groups excluding carboxylic acids is 2. The van der Waals surface area contributed by atoms with Crippen LogP contribution in [0.25, 0.3) is 0 Å². The molecule has 3 aromatic rings. The van der Waals surface area contributed by atoms with Gasteiger partial charge in [-0.2, -0.15) is 0 Å². The zero-order valence-electron chi connectivity index (χ0n) is 21.9. The van der Waals surface area contributed by atoms with E-state index in [4.69, 9.17) is 23.2 Å². The summed E-state index contributed by atoms with van der Waals surface area (Å²) in [5.74, 6) is -1.88. The molecule has 0 radical (unpaired) electrons. The van der Waals surface area contributed by atoms with Crippen molar-refractivity contribution >= 4 is 50.7 Å². The second-order valence-electron chi connectivity index (χ2n) is 9.70. The van der Waals surface area contributed by atoms with Crippen LogP contribution in [0.5, 0.6) is 0 Å². The van der Waals surface area contributed by atoms with E-state index in [-0.39, 0.29) is 34.1 Å². The number of benzene rings is 3. The summed E-state index contributed by atoms with van der Waals surface area (Å²) >= 11 is 12.4. The molecular weight excluding hydrogens is 576 g/mol. The lowest BCUT2D eigenvalue weighted by molar-refractivity contribution is -0.139. The number of amides is 2. The van der Waals surface area contributed by atoms with E-state index >= 15 is 0 Å². The Hall–Kier alpha value is -3.14. The molecule has 0 bridgehead atoms. The second kappa shape index (κ2) is 13.0. The van der Waals surface area contributed by atoms with E-state index in [1.807, 2.05) is 0 Å². The minimum absolute atomic E-state index is 0.0133. The van der Waals surface area contributed by atoms with Crippen molar-refractivity contribution in [3.05, 3.63) is 94.2 Å². The van der Waals surface area contributed by atoms with Crippen molar-refractivity contribution in [2.24, 2.45) is 0 Å². The quantitative estimate of drug-likeness (QED) is 0.316. The fraction of sp³-hybridized carbons (Fsp3) is 0.310. The molecule has 2 amide bonds. The fourth-order valence-electron chi connectivity index (χ4n) is 4.69. The molecule has 1 atom stereocenters. The van der Waals surface area contributed by atoms with Gasteiger partial charge in [0.05, 0.1) is 10.6 Å². The lowest BCUT2D eigenvalue weighted by Gasteiger charge is -2.32.